The van der Waals surface area contributed by atoms with E-state index in [1.165, 1.54) is 18.7 Å². The van der Waals surface area contributed by atoms with Gasteiger partial charge in [0.2, 0.25) is 5.95 Å². The van der Waals surface area contributed by atoms with Crippen LogP contribution in [0.3, 0.4) is 0 Å². The van der Waals surface area contributed by atoms with Crippen molar-refractivity contribution in [1.82, 2.24) is 10.3 Å². The number of hydrogen-bond donors (Lipinski definition) is 1. The van der Waals surface area contributed by atoms with Gasteiger partial charge < -0.3 is 5.32 Å². The quantitative estimate of drug-likeness (QED) is 0.840. The van der Waals surface area contributed by atoms with E-state index in [2.05, 4.69) is 31.1 Å². The largest absolute Gasteiger partial charge is 0.349 e. The van der Waals surface area contributed by atoms with Crippen LogP contribution < -0.4 is 5.32 Å². The zero-order chi connectivity index (χ0) is 14.8. The average Bonchev–Trinajstić information content (AvgIpc) is 2.38. The first-order chi connectivity index (χ1) is 9.38. The molecule has 1 aliphatic rings. The minimum atomic E-state index is -0.617. The lowest BCUT2D eigenvalue weighted by Crippen LogP contribution is -2.46. The molecule has 20 heavy (non-hydrogen) atoms. The molecule has 2 rings (SSSR count). The van der Waals surface area contributed by atoms with Gasteiger partial charge >= 0.3 is 0 Å². The van der Waals surface area contributed by atoms with Gasteiger partial charge in [0, 0.05) is 23.9 Å². The molecule has 2 atom stereocenters. The Morgan fingerprint density at radius 1 is 1.35 bits per heavy atom. The summed E-state index contributed by atoms with van der Waals surface area (Å²) in [5, 5.41) is 3.09. The van der Waals surface area contributed by atoms with Gasteiger partial charge in [-0.1, -0.05) is 33.6 Å². The molecule has 110 valence electrons. The van der Waals surface area contributed by atoms with Crippen molar-refractivity contribution in [3.63, 3.8) is 0 Å². The maximum Gasteiger partial charge on any atom is 0.251 e. The molecule has 1 heterocycles. The van der Waals surface area contributed by atoms with E-state index < -0.39 is 5.95 Å². The number of carbonyl (C=O) groups excluding carboxylic acids is 1. The molecular formula is C16H23FN2O. The standard InChI is InChI=1S/C16H23FN2O/c1-16(2,3)12-6-4-5-7-13(12)19-15(20)11-8-9-18-14(17)10-11/h8-10,12-13H,4-7H2,1-3H3,(H,19,20). The molecule has 0 aromatic carbocycles. The molecular weight excluding hydrogens is 255 g/mol. The summed E-state index contributed by atoms with van der Waals surface area (Å²) >= 11 is 0. The number of aromatic nitrogens is 1. The molecule has 1 fully saturated rings. The van der Waals surface area contributed by atoms with E-state index in [0.717, 1.165) is 19.3 Å². The monoisotopic (exact) mass is 278 g/mol. The highest BCUT2D eigenvalue weighted by molar-refractivity contribution is 5.94. The number of nitrogens with zero attached hydrogens (tertiary/aromatic N) is 1. The first-order valence-corrected chi connectivity index (χ1v) is 7.30. The highest BCUT2D eigenvalue weighted by Gasteiger charge is 2.34. The van der Waals surface area contributed by atoms with Crippen LogP contribution in [0.15, 0.2) is 18.3 Å². The molecule has 1 aromatic heterocycles. The van der Waals surface area contributed by atoms with Gasteiger partial charge in [-0.25, -0.2) is 4.98 Å². The minimum Gasteiger partial charge on any atom is -0.349 e. The summed E-state index contributed by atoms with van der Waals surface area (Å²) in [4.78, 5) is 15.7. The first kappa shape index (κ1) is 14.9. The van der Waals surface area contributed by atoms with Crippen molar-refractivity contribution in [3.05, 3.63) is 29.8 Å². The van der Waals surface area contributed by atoms with Gasteiger partial charge in [-0.05, 0) is 30.2 Å². The Balaban J connectivity index is 2.09. The Kier molecular flexibility index (Phi) is 4.41. The van der Waals surface area contributed by atoms with E-state index in [-0.39, 0.29) is 17.4 Å². The molecule has 0 radical (unpaired) electrons. The second kappa shape index (κ2) is 5.90. The van der Waals surface area contributed by atoms with Crippen LogP contribution in [0.5, 0.6) is 0 Å². The lowest BCUT2D eigenvalue weighted by molar-refractivity contribution is 0.0829. The molecule has 3 nitrogen and oxygen atoms in total. The summed E-state index contributed by atoms with van der Waals surface area (Å²) in [6, 6.07) is 2.91. The number of pyridine rings is 1. The lowest BCUT2D eigenvalue weighted by Gasteiger charge is -2.40. The molecule has 0 spiro atoms. The van der Waals surface area contributed by atoms with Gasteiger partial charge in [-0.3, -0.25) is 4.79 Å². The fraction of sp³-hybridized carbons (Fsp3) is 0.625. The first-order valence-electron chi connectivity index (χ1n) is 7.30. The van der Waals surface area contributed by atoms with Crippen LogP contribution in [-0.4, -0.2) is 16.9 Å². The third-order valence-corrected chi connectivity index (χ3v) is 4.18. The Morgan fingerprint density at radius 2 is 2.05 bits per heavy atom. The number of carbonyl (C=O) groups is 1. The Bertz CT molecular complexity index is 482. The molecule has 1 aromatic rings. The van der Waals surface area contributed by atoms with Gasteiger partial charge in [-0.15, -0.1) is 0 Å². The molecule has 1 aliphatic carbocycles. The zero-order valence-corrected chi connectivity index (χ0v) is 12.4. The lowest BCUT2D eigenvalue weighted by atomic mass is 9.69. The molecule has 1 saturated carbocycles. The fourth-order valence-corrected chi connectivity index (χ4v) is 3.14. The second-order valence-electron chi connectivity index (χ2n) is 6.70. The summed E-state index contributed by atoms with van der Waals surface area (Å²) in [6.45, 7) is 6.65. The molecule has 0 bridgehead atoms. The molecule has 1 amide bonds. The van der Waals surface area contributed by atoms with Gasteiger partial charge in [0.25, 0.3) is 5.91 Å². The molecule has 1 N–H and O–H groups in total. The van der Waals surface area contributed by atoms with Crippen LogP contribution in [0.25, 0.3) is 0 Å². The Morgan fingerprint density at radius 3 is 2.70 bits per heavy atom. The maximum absolute atomic E-state index is 13.1. The SMILES string of the molecule is CC(C)(C)C1CCCCC1NC(=O)c1ccnc(F)c1. The fourth-order valence-electron chi connectivity index (χ4n) is 3.14. The summed E-state index contributed by atoms with van der Waals surface area (Å²) in [7, 11) is 0. The van der Waals surface area contributed by atoms with Crippen molar-refractivity contribution in [2.75, 3.05) is 0 Å². The molecule has 0 saturated heterocycles. The van der Waals surface area contributed by atoms with Crippen LogP contribution >= 0.6 is 0 Å². The molecule has 4 heteroatoms. The Hall–Kier alpha value is -1.45. The topological polar surface area (TPSA) is 42.0 Å². The molecule has 2 unspecified atom stereocenters. The van der Waals surface area contributed by atoms with E-state index in [0.29, 0.717) is 11.5 Å². The highest BCUT2D eigenvalue weighted by atomic mass is 19.1. The van der Waals surface area contributed by atoms with Gasteiger partial charge in [0.15, 0.2) is 0 Å². The number of amides is 1. The smallest absolute Gasteiger partial charge is 0.251 e. The van der Waals surface area contributed by atoms with Crippen molar-refractivity contribution in [2.24, 2.45) is 11.3 Å². The third-order valence-electron chi connectivity index (χ3n) is 4.18. The van der Waals surface area contributed by atoms with Crippen molar-refractivity contribution >= 4 is 5.91 Å². The third kappa shape index (κ3) is 3.56. The zero-order valence-electron chi connectivity index (χ0n) is 12.4. The van der Waals surface area contributed by atoms with E-state index in [4.69, 9.17) is 0 Å². The summed E-state index contributed by atoms with van der Waals surface area (Å²) in [5.74, 6) is -0.354. The van der Waals surface area contributed by atoms with Crippen LogP contribution in [0.2, 0.25) is 0 Å². The van der Waals surface area contributed by atoms with Gasteiger partial charge in [-0.2, -0.15) is 4.39 Å². The summed E-state index contributed by atoms with van der Waals surface area (Å²) < 4.78 is 13.1. The molecule has 0 aliphatic heterocycles. The predicted molar refractivity (Wildman–Crippen MR) is 76.9 cm³/mol. The number of halogens is 1. The van der Waals surface area contributed by atoms with Gasteiger partial charge in [0.05, 0.1) is 0 Å². The van der Waals surface area contributed by atoms with E-state index in [1.54, 1.807) is 6.07 Å². The van der Waals surface area contributed by atoms with Gasteiger partial charge in [0.1, 0.15) is 0 Å². The normalized spacial score (nSPS) is 23.4. The Labute approximate surface area is 120 Å². The number of rotatable bonds is 2. The van der Waals surface area contributed by atoms with Crippen molar-refractivity contribution in [3.8, 4) is 0 Å². The summed E-state index contributed by atoms with van der Waals surface area (Å²) in [5.41, 5.74) is 0.512. The van der Waals surface area contributed by atoms with Crippen LogP contribution in [0, 0.1) is 17.3 Å². The van der Waals surface area contributed by atoms with E-state index >= 15 is 0 Å². The van der Waals surface area contributed by atoms with E-state index in [9.17, 15) is 9.18 Å². The second-order valence-corrected chi connectivity index (χ2v) is 6.70. The number of nitrogens with one attached hydrogen (secondary N) is 1. The van der Waals surface area contributed by atoms with Crippen LogP contribution in [-0.2, 0) is 0 Å². The minimum absolute atomic E-state index is 0.169. The number of hydrogen-bond acceptors (Lipinski definition) is 2. The van der Waals surface area contributed by atoms with Crippen molar-refractivity contribution < 1.29 is 9.18 Å². The average molecular weight is 278 g/mol. The van der Waals surface area contributed by atoms with Crippen LogP contribution in [0.4, 0.5) is 4.39 Å². The highest BCUT2D eigenvalue weighted by Crippen LogP contribution is 2.38. The van der Waals surface area contributed by atoms with Crippen molar-refractivity contribution in [1.29, 1.82) is 0 Å². The van der Waals surface area contributed by atoms with E-state index in [1.807, 2.05) is 0 Å². The van der Waals surface area contributed by atoms with Crippen LogP contribution in [0.1, 0.15) is 56.8 Å². The predicted octanol–water partition coefficient (Wildman–Crippen LogP) is 3.56. The van der Waals surface area contributed by atoms with Crippen molar-refractivity contribution in [2.45, 2.75) is 52.5 Å². The summed E-state index contributed by atoms with van der Waals surface area (Å²) in [6.07, 6.45) is 5.83. The maximum atomic E-state index is 13.1.